The molecule has 3 aliphatic heterocycles. The van der Waals surface area contributed by atoms with E-state index in [1.807, 2.05) is 11.8 Å². The van der Waals surface area contributed by atoms with Gasteiger partial charge in [-0.1, -0.05) is 0 Å². The van der Waals surface area contributed by atoms with E-state index in [9.17, 15) is 18.4 Å². The summed E-state index contributed by atoms with van der Waals surface area (Å²) >= 11 is 1.86. The van der Waals surface area contributed by atoms with Crippen molar-refractivity contribution in [1.29, 1.82) is 0 Å². The Balaban J connectivity index is 1.48. The van der Waals surface area contributed by atoms with Crippen LogP contribution in [0, 0.1) is 17.0 Å². The van der Waals surface area contributed by atoms with Crippen LogP contribution in [0.15, 0.2) is 12.1 Å². The summed E-state index contributed by atoms with van der Waals surface area (Å²) in [5, 5.41) is 0. The first-order chi connectivity index (χ1) is 12.4. The van der Waals surface area contributed by atoms with Crippen LogP contribution in [0.2, 0.25) is 0 Å². The predicted octanol–water partition coefficient (Wildman–Crippen LogP) is 3.21. The fourth-order valence-electron chi connectivity index (χ4n) is 3.75. The number of benzene rings is 1. The smallest absolute Gasteiger partial charge is 0.414 e. The first kappa shape index (κ1) is 17.6. The normalized spacial score (nSPS) is 23.7. The summed E-state index contributed by atoms with van der Waals surface area (Å²) in [5.74, 6) is 0.778. The van der Waals surface area contributed by atoms with Gasteiger partial charge in [-0.05, 0) is 13.3 Å². The Hall–Kier alpha value is -1.83. The lowest BCUT2D eigenvalue weighted by Crippen LogP contribution is -2.63. The number of Topliss-reactive ketones (excluding diaryl/α,β-unsaturated/α-hetero) is 1. The molecule has 0 saturated carbocycles. The summed E-state index contributed by atoms with van der Waals surface area (Å²) in [5.41, 5.74) is 0.357. The van der Waals surface area contributed by atoms with E-state index in [-0.39, 0.29) is 29.1 Å². The largest absolute Gasteiger partial charge is 0.444 e. The number of carbonyl (C=O) groups excluding carboxylic acids is 2. The van der Waals surface area contributed by atoms with E-state index < -0.39 is 23.8 Å². The van der Waals surface area contributed by atoms with Crippen LogP contribution < -0.4 is 9.80 Å². The number of nitrogens with zero attached hydrogens (tertiary/aromatic N) is 2. The van der Waals surface area contributed by atoms with Crippen molar-refractivity contribution in [2.24, 2.45) is 5.41 Å². The molecule has 1 atom stereocenters. The summed E-state index contributed by atoms with van der Waals surface area (Å²) in [4.78, 5) is 26.1. The molecule has 0 radical (unpaired) electrons. The molecule has 0 aromatic heterocycles. The minimum absolute atomic E-state index is 0.0122. The van der Waals surface area contributed by atoms with Gasteiger partial charge in [0.2, 0.25) is 0 Å². The van der Waals surface area contributed by atoms with E-state index in [1.54, 1.807) is 4.90 Å². The molecule has 3 aliphatic rings. The van der Waals surface area contributed by atoms with Crippen molar-refractivity contribution in [3.05, 3.63) is 23.8 Å². The zero-order chi connectivity index (χ0) is 18.5. The van der Waals surface area contributed by atoms with Crippen LogP contribution in [-0.2, 0) is 9.53 Å². The van der Waals surface area contributed by atoms with E-state index in [4.69, 9.17) is 4.74 Å². The molecular weight excluding hydrogens is 362 g/mol. The highest BCUT2D eigenvalue weighted by molar-refractivity contribution is 8.00. The van der Waals surface area contributed by atoms with Crippen molar-refractivity contribution >= 4 is 35.0 Å². The van der Waals surface area contributed by atoms with E-state index in [0.29, 0.717) is 25.9 Å². The van der Waals surface area contributed by atoms with Crippen LogP contribution in [-0.4, -0.2) is 49.1 Å². The monoisotopic (exact) mass is 382 g/mol. The fraction of sp³-hybridized carbons (Fsp3) is 0.556. The molecule has 1 amide bonds. The van der Waals surface area contributed by atoms with Crippen molar-refractivity contribution in [2.45, 2.75) is 25.9 Å². The third-order valence-corrected chi connectivity index (χ3v) is 6.82. The average molecular weight is 382 g/mol. The lowest BCUT2D eigenvalue weighted by molar-refractivity contribution is -0.117. The maximum atomic E-state index is 14.6. The zero-order valence-electron chi connectivity index (χ0n) is 14.5. The number of amides is 1. The van der Waals surface area contributed by atoms with E-state index in [0.717, 1.165) is 11.5 Å². The molecule has 0 unspecified atom stereocenters. The number of ether oxygens (including phenoxy) is 1. The van der Waals surface area contributed by atoms with E-state index in [1.165, 1.54) is 24.0 Å². The number of rotatable bonds is 5. The van der Waals surface area contributed by atoms with Crippen molar-refractivity contribution in [1.82, 2.24) is 0 Å². The molecule has 0 aliphatic carbocycles. The third kappa shape index (κ3) is 3.04. The molecular formula is C18H20F2N2O3S. The van der Waals surface area contributed by atoms with Gasteiger partial charge in [0.1, 0.15) is 17.6 Å². The van der Waals surface area contributed by atoms with Crippen molar-refractivity contribution < 1.29 is 23.1 Å². The fourth-order valence-corrected chi connectivity index (χ4v) is 4.90. The average Bonchev–Trinajstić information content (AvgIpc) is 2.85. The number of halogens is 2. The minimum Gasteiger partial charge on any atom is -0.444 e. The van der Waals surface area contributed by atoms with Crippen molar-refractivity contribution in [3.8, 4) is 0 Å². The van der Waals surface area contributed by atoms with Gasteiger partial charge < -0.3 is 14.4 Å². The number of hydrogen-bond donors (Lipinski definition) is 0. The first-order valence-electron chi connectivity index (χ1n) is 8.66. The third-order valence-electron chi connectivity index (χ3n) is 5.19. The summed E-state index contributed by atoms with van der Waals surface area (Å²) in [6.07, 6.45) is -0.361. The van der Waals surface area contributed by atoms with Crippen molar-refractivity contribution in [3.63, 3.8) is 0 Å². The number of ketones is 1. The SMILES string of the molecule is CC(=O)CC[C@H]1CN(c2cc(F)c(N3CC4(CSC4)C3)c(F)c2)C(=O)O1. The van der Waals surface area contributed by atoms with Crippen LogP contribution in [0.5, 0.6) is 0 Å². The van der Waals surface area contributed by atoms with Gasteiger partial charge in [0, 0.05) is 48.6 Å². The lowest BCUT2D eigenvalue weighted by Gasteiger charge is -2.56. The number of carbonyl (C=O) groups is 2. The van der Waals surface area contributed by atoms with Gasteiger partial charge in [-0.25, -0.2) is 13.6 Å². The number of cyclic esters (lactones) is 1. The van der Waals surface area contributed by atoms with Crippen LogP contribution in [0.1, 0.15) is 19.8 Å². The quantitative estimate of drug-likeness (QED) is 0.783. The maximum Gasteiger partial charge on any atom is 0.414 e. The Morgan fingerprint density at radius 1 is 1.31 bits per heavy atom. The Morgan fingerprint density at radius 3 is 2.50 bits per heavy atom. The Bertz CT molecular complexity index is 738. The highest BCUT2D eigenvalue weighted by Gasteiger charge is 2.49. The van der Waals surface area contributed by atoms with Crippen LogP contribution in [0.3, 0.4) is 0 Å². The molecule has 4 rings (SSSR count). The Kier molecular flexibility index (Phi) is 4.33. The summed E-state index contributed by atoms with van der Waals surface area (Å²) in [6.45, 7) is 3.01. The molecule has 3 saturated heterocycles. The molecule has 3 heterocycles. The molecule has 0 N–H and O–H groups in total. The predicted molar refractivity (Wildman–Crippen MR) is 95.9 cm³/mol. The standard InChI is InChI=1S/C18H20F2N2O3S/c1-11(23)2-3-13-6-22(17(24)25-13)12-4-14(19)16(15(20)5-12)21-7-18(8-21)9-26-10-18/h4-5,13H,2-3,6-10H2,1H3/t13-/m0/s1. The minimum atomic E-state index is -0.665. The second kappa shape index (κ2) is 6.40. The zero-order valence-corrected chi connectivity index (χ0v) is 15.3. The first-order valence-corrected chi connectivity index (χ1v) is 9.82. The van der Waals surface area contributed by atoms with Gasteiger partial charge in [-0.15, -0.1) is 0 Å². The van der Waals surface area contributed by atoms with Crippen LogP contribution in [0.4, 0.5) is 25.0 Å². The molecule has 0 bridgehead atoms. The van der Waals surface area contributed by atoms with Gasteiger partial charge in [-0.3, -0.25) is 4.90 Å². The maximum absolute atomic E-state index is 14.6. The highest BCUT2D eigenvalue weighted by Crippen LogP contribution is 2.48. The van der Waals surface area contributed by atoms with Crippen LogP contribution in [0.25, 0.3) is 0 Å². The summed E-state index contributed by atoms with van der Waals surface area (Å²) < 4.78 is 34.3. The molecule has 1 aromatic rings. The lowest BCUT2D eigenvalue weighted by atomic mass is 9.82. The highest BCUT2D eigenvalue weighted by atomic mass is 32.2. The second-order valence-corrected chi connectivity index (χ2v) is 8.45. The molecule has 140 valence electrons. The van der Waals surface area contributed by atoms with Crippen LogP contribution >= 0.6 is 11.8 Å². The topological polar surface area (TPSA) is 49.9 Å². The number of hydrogen-bond acceptors (Lipinski definition) is 5. The summed E-state index contributed by atoms with van der Waals surface area (Å²) in [7, 11) is 0. The molecule has 1 aromatic carbocycles. The molecule has 8 heteroatoms. The van der Waals surface area contributed by atoms with Gasteiger partial charge in [0.25, 0.3) is 0 Å². The Labute approximate surface area is 154 Å². The van der Waals surface area contributed by atoms with Crippen molar-refractivity contribution in [2.75, 3.05) is 40.9 Å². The van der Waals surface area contributed by atoms with Gasteiger partial charge in [0.15, 0.2) is 11.6 Å². The van der Waals surface area contributed by atoms with Gasteiger partial charge in [0.05, 0.1) is 12.2 Å². The molecule has 1 spiro atoms. The van der Waals surface area contributed by atoms with E-state index >= 15 is 0 Å². The van der Waals surface area contributed by atoms with E-state index in [2.05, 4.69) is 0 Å². The second-order valence-electron chi connectivity index (χ2n) is 7.46. The molecule has 5 nitrogen and oxygen atoms in total. The summed E-state index contributed by atoms with van der Waals surface area (Å²) in [6, 6.07) is 2.38. The molecule has 26 heavy (non-hydrogen) atoms. The molecule has 3 fully saturated rings. The Morgan fingerprint density at radius 2 is 1.96 bits per heavy atom. The van der Waals surface area contributed by atoms with Gasteiger partial charge >= 0.3 is 6.09 Å². The number of thioether (sulfide) groups is 1. The van der Waals surface area contributed by atoms with Gasteiger partial charge in [-0.2, -0.15) is 11.8 Å². The number of anilines is 2.